The van der Waals surface area contributed by atoms with Gasteiger partial charge < -0.3 is 10.4 Å². The summed E-state index contributed by atoms with van der Waals surface area (Å²) in [7, 11) is 0. The number of nitrogens with one attached hydrogen (secondary N) is 1. The van der Waals surface area contributed by atoms with Gasteiger partial charge in [0, 0.05) is 18.4 Å². The van der Waals surface area contributed by atoms with E-state index in [1.807, 2.05) is 12.1 Å². The number of benzene rings is 1. The first-order valence-corrected chi connectivity index (χ1v) is 7.31. The lowest BCUT2D eigenvalue weighted by atomic mass is 9.86. The van der Waals surface area contributed by atoms with E-state index < -0.39 is 17.9 Å². The molecule has 1 rings (SSSR count). The quantitative estimate of drug-likeness (QED) is 0.846. The Morgan fingerprint density at radius 1 is 1.14 bits per heavy atom. The average Bonchev–Trinajstić information content (AvgIpc) is 2.45. The molecule has 1 aromatic carbocycles. The summed E-state index contributed by atoms with van der Waals surface area (Å²) in [6.45, 7) is 7.87. The summed E-state index contributed by atoms with van der Waals surface area (Å²) in [6, 6.07) is 5.83. The number of hydrogen-bond donors (Lipinski definition) is 2. The number of amides is 1. The van der Waals surface area contributed by atoms with Crippen molar-refractivity contribution in [3.8, 4) is 0 Å². The van der Waals surface area contributed by atoms with Gasteiger partial charge in [0.15, 0.2) is 0 Å². The zero-order chi connectivity index (χ0) is 16.9. The van der Waals surface area contributed by atoms with Crippen molar-refractivity contribution in [1.82, 2.24) is 5.32 Å². The zero-order valence-corrected chi connectivity index (χ0v) is 13.5. The van der Waals surface area contributed by atoms with E-state index in [0.717, 1.165) is 5.56 Å². The summed E-state index contributed by atoms with van der Waals surface area (Å²) in [5.74, 6) is -1.89. The Kier molecular flexibility index (Phi) is 5.85. The van der Waals surface area contributed by atoms with E-state index in [1.165, 1.54) is 0 Å². The van der Waals surface area contributed by atoms with Crippen LogP contribution in [-0.4, -0.2) is 28.8 Å². The van der Waals surface area contributed by atoms with E-state index in [4.69, 9.17) is 5.11 Å². The molecule has 0 radical (unpaired) electrons. The van der Waals surface area contributed by atoms with Crippen molar-refractivity contribution in [3.63, 3.8) is 0 Å². The molecule has 5 heteroatoms. The molecule has 0 spiro atoms. The number of carbonyl (C=O) groups is 3. The summed E-state index contributed by atoms with van der Waals surface area (Å²) in [6.07, 6.45) is 0.0532. The minimum atomic E-state index is -1.21. The summed E-state index contributed by atoms with van der Waals surface area (Å²) < 4.78 is 0. The number of rotatable bonds is 6. The number of carbonyl (C=O) groups excluding carboxylic acids is 2. The molecule has 1 aromatic rings. The lowest BCUT2D eigenvalue weighted by molar-refractivity contribution is -0.141. The Morgan fingerprint density at radius 3 is 2.09 bits per heavy atom. The predicted molar refractivity (Wildman–Crippen MR) is 83.9 cm³/mol. The van der Waals surface area contributed by atoms with Crippen molar-refractivity contribution in [3.05, 3.63) is 35.4 Å². The van der Waals surface area contributed by atoms with Crippen molar-refractivity contribution >= 4 is 17.7 Å². The van der Waals surface area contributed by atoms with E-state index >= 15 is 0 Å². The predicted octanol–water partition coefficient (Wildman–Crippen LogP) is 2.54. The highest BCUT2D eigenvalue weighted by atomic mass is 16.4. The molecule has 5 nitrogen and oxygen atoms in total. The lowest BCUT2D eigenvalue weighted by Crippen LogP contribution is -2.42. The maximum absolute atomic E-state index is 12.1. The van der Waals surface area contributed by atoms with E-state index in [9.17, 15) is 14.4 Å². The molecule has 2 N–H and O–H groups in total. The van der Waals surface area contributed by atoms with Crippen LogP contribution >= 0.6 is 0 Å². The van der Waals surface area contributed by atoms with Crippen LogP contribution in [0.1, 0.15) is 56.5 Å². The normalized spacial score (nSPS) is 12.5. The minimum absolute atomic E-state index is 0.0217. The molecule has 1 atom stereocenters. The molecule has 0 fully saturated rings. The van der Waals surface area contributed by atoms with Gasteiger partial charge in [-0.15, -0.1) is 0 Å². The molecule has 0 aliphatic rings. The molecular formula is C17H23NO4. The fourth-order valence-electron chi connectivity index (χ4n) is 1.94. The van der Waals surface area contributed by atoms with Gasteiger partial charge >= 0.3 is 5.97 Å². The molecule has 0 aromatic heterocycles. The van der Waals surface area contributed by atoms with Crippen LogP contribution in [0.3, 0.4) is 0 Å². The Morgan fingerprint density at radius 2 is 1.68 bits per heavy atom. The molecule has 0 saturated carbocycles. The van der Waals surface area contributed by atoms with Crippen LogP contribution in [0.5, 0.6) is 0 Å². The molecule has 0 aliphatic heterocycles. The topological polar surface area (TPSA) is 83.5 Å². The Balaban J connectivity index is 2.82. The largest absolute Gasteiger partial charge is 0.480 e. The van der Waals surface area contributed by atoms with Gasteiger partial charge in [-0.1, -0.05) is 39.8 Å². The van der Waals surface area contributed by atoms with Gasteiger partial charge in [-0.25, -0.2) is 4.79 Å². The monoisotopic (exact) mass is 305 g/mol. The maximum atomic E-state index is 12.1. The van der Waals surface area contributed by atoms with Crippen LogP contribution in [0.4, 0.5) is 0 Å². The third-order valence-electron chi connectivity index (χ3n) is 3.44. The fraction of sp³-hybridized carbons (Fsp3) is 0.471. The Hall–Kier alpha value is -2.17. The van der Waals surface area contributed by atoms with E-state index in [-0.39, 0.29) is 24.0 Å². The van der Waals surface area contributed by atoms with Gasteiger partial charge in [-0.2, -0.15) is 0 Å². The van der Waals surface area contributed by atoms with Crippen LogP contribution in [0.25, 0.3) is 0 Å². The third kappa shape index (κ3) is 4.98. The first-order chi connectivity index (χ1) is 10.1. The molecule has 1 amide bonds. The van der Waals surface area contributed by atoms with E-state index in [1.54, 1.807) is 19.1 Å². The Bertz CT molecular complexity index is 555. The van der Waals surface area contributed by atoms with E-state index in [2.05, 4.69) is 26.1 Å². The SMILES string of the molecule is CCC(=O)CC(NC(=O)c1ccc(C(C)(C)C)cc1)C(=O)O. The maximum Gasteiger partial charge on any atom is 0.326 e. The highest BCUT2D eigenvalue weighted by molar-refractivity contribution is 5.97. The molecule has 120 valence electrons. The second-order valence-corrected chi connectivity index (χ2v) is 6.29. The number of carboxylic acids is 1. The molecular weight excluding hydrogens is 282 g/mol. The van der Waals surface area contributed by atoms with E-state index in [0.29, 0.717) is 5.56 Å². The van der Waals surface area contributed by atoms with Gasteiger partial charge in [-0.3, -0.25) is 9.59 Å². The Labute approximate surface area is 130 Å². The van der Waals surface area contributed by atoms with Crippen LogP contribution in [0.15, 0.2) is 24.3 Å². The second-order valence-electron chi connectivity index (χ2n) is 6.29. The molecule has 0 aliphatic carbocycles. The number of Topliss-reactive ketones (excluding diaryl/α,β-unsaturated/α-hetero) is 1. The smallest absolute Gasteiger partial charge is 0.326 e. The molecule has 0 saturated heterocycles. The first-order valence-electron chi connectivity index (χ1n) is 7.31. The highest BCUT2D eigenvalue weighted by Crippen LogP contribution is 2.22. The van der Waals surface area contributed by atoms with Crippen molar-refractivity contribution in [2.24, 2.45) is 0 Å². The van der Waals surface area contributed by atoms with Gasteiger partial charge in [0.05, 0.1) is 0 Å². The number of hydrogen-bond acceptors (Lipinski definition) is 3. The van der Waals surface area contributed by atoms with Crippen LogP contribution in [0.2, 0.25) is 0 Å². The lowest BCUT2D eigenvalue weighted by Gasteiger charge is -2.19. The molecule has 0 bridgehead atoms. The molecule has 0 heterocycles. The number of aliphatic carboxylic acids is 1. The van der Waals surface area contributed by atoms with Crippen molar-refractivity contribution in [2.45, 2.75) is 52.0 Å². The average molecular weight is 305 g/mol. The van der Waals surface area contributed by atoms with Crippen molar-refractivity contribution in [2.75, 3.05) is 0 Å². The summed E-state index contributed by atoms with van der Waals surface area (Å²) in [4.78, 5) is 34.6. The first kappa shape index (κ1) is 17.9. The van der Waals surface area contributed by atoms with Crippen LogP contribution < -0.4 is 5.32 Å². The minimum Gasteiger partial charge on any atom is -0.480 e. The van der Waals surface area contributed by atoms with Crippen LogP contribution in [-0.2, 0) is 15.0 Å². The zero-order valence-electron chi connectivity index (χ0n) is 13.5. The number of carboxylic acid groups (broad SMARTS) is 1. The second kappa shape index (κ2) is 7.20. The van der Waals surface area contributed by atoms with Crippen molar-refractivity contribution in [1.29, 1.82) is 0 Å². The summed E-state index contributed by atoms with van der Waals surface area (Å²) in [5.41, 5.74) is 1.44. The fourth-order valence-corrected chi connectivity index (χ4v) is 1.94. The standard InChI is InChI=1S/C17H23NO4/c1-5-13(19)10-14(16(21)22)18-15(20)11-6-8-12(9-7-11)17(2,3)4/h6-9,14H,5,10H2,1-4H3,(H,18,20)(H,21,22). The van der Waals surface area contributed by atoms with Gasteiger partial charge in [0.2, 0.25) is 0 Å². The van der Waals surface area contributed by atoms with Crippen LogP contribution in [0, 0.1) is 0 Å². The molecule has 22 heavy (non-hydrogen) atoms. The number of ketones is 1. The third-order valence-corrected chi connectivity index (χ3v) is 3.44. The van der Waals surface area contributed by atoms with Crippen molar-refractivity contribution < 1.29 is 19.5 Å². The van der Waals surface area contributed by atoms with Gasteiger partial charge in [-0.05, 0) is 23.1 Å². The summed E-state index contributed by atoms with van der Waals surface area (Å²) >= 11 is 0. The highest BCUT2D eigenvalue weighted by Gasteiger charge is 2.23. The van der Waals surface area contributed by atoms with Gasteiger partial charge in [0.1, 0.15) is 11.8 Å². The molecule has 1 unspecified atom stereocenters. The van der Waals surface area contributed by atoms with Gasteiger partial charge in [0.25, 0.3) is 5.91 Å². The summed E-state index contributed by atoms with van der Waals surface area (Å²) in [5, 5.41) is 11.5.